The van der Waals surface area contributed by atoms with Crippen LogP contribution in [0.2, 0.25) is 0 Å². The molecule has 0 amide bonds. The van der Waals surface area contributed by atoms with Gasteiger partial charge in [0, 0.05) is 11.6 Å². The van der Waals surface area contributed by atoms with E-state index in [9.17, 15) is 0 Å². The lowest BCUT2D eigenvalue weighted by molar-refractivity contribution is 0.672. The molecule has 0 aliphatic heterocycles. The monoisotopic (exact) mass is 249 g/mol. The molecule has 4 heteroatoms. The molecule has 1 aromatic heterocycles. The van der Waals surface area contributed by atoms with Crippen molar-refractivity contribution in [1.29, 1.82) is 5.26 Å². The van der Waals surface area contributed by atoms with E-state index in [1.807, 2.05) is 0 Å². The number of hydrogen-bond acceptors (Lipinski definition) is 4. The first-order valence-corrected chi connectivity index (χ1v) is 7.11. The minimum absolute atomic E-state index is 0.483. The van der Waals surface area contributed by atoms with Crippen LogP contribution >= 0.6 is 11.3 Å². The Morgan fingerprint density at radius 2 is 2.12 bits per heavy atom. The van der Waals surface area contributed by atoms with Crippen LogP contribution in [0.4, 0.5) is 10.7 Å². The molecule has 17 heavy (non-hydrogen) atoms. The van der Waals surface area contributed by atoms with Crippen molar-refractivity contribution in [1.82, 2.24) is 0 Å². The van der Waals surface area contributed by atoms with E-state index in [-0.39, 0.29) is 0 Å². The van der Waals surface area contributed by atoms with Gasteiger partial charge in [0.05, 0.1) is 10.7 Å². The topological polar surface area (TPSA) is 61.8 Å². The van der Waals surface area contributed by atoms with E-state index in [0.29, 0.717) is 22.5 Å². The average molecular weight is 249 g/mol. The van der Waals surface area contributed by atoms with Crippen molar-refractivity contribution < 1.29 is 0 Å². The highest BCUT2D eigenvalue weighted by atomic mass is 32.1. The number of nitrogens with zero attached hydrogens (tertiary/aromatic N) is 1. The number of nitrogen functional groups attached to an aromatic ring is 1. The zero-order valence-corrected chi connectivity index (χ0v) is 11.2. The van der Waals surface area contributed by atoms with Gasteiger partial charge in [-0.15, -0.1) is 11.3 Å². The third-order valence-electron chi connectivity index (χ3n) is 3.39. The van der Waals surface area contributed by atoms with E-state index in [1.165, 1.54) is 29.7 Å². The number of hydrogen-bond donors (Lipinski definition) is 2. The Morgan fingerprint density at radius 3 is 2.59 bits per heavy atom. The van der Waals surface area contributed by atoms with Gasteiger partial charge < -0.3 is 11.1 Å². The largest absolute Gasteiger partial charge is 0.397 e. The Labute approximate surface area is 107 Å². The Bertz CT molecular complexity index is 436. The zero-order chi connectivity index (χ0) is 12.4. The normalized spacial score (nSPS) is 14.9. The van der Waals surface area contributed by atoms with Crippen LogP contribution < -0.4 is 11.1 Å². The van der Waals surface area contributed by atoms with Crippen LogP contribution in [0.15, 0.2) is 0 Å². The molecule has 1 fully saturated rings. The molecule has 3 N–H and O–H groups in total. The molecule has 1 aliphatic rings. The molecular formula is C13H19N3S. The summed E-state index contributed by atoms with van der Waals surface area (Å²) in [6.45, 7) is 4.36. The standard InChI is InChI=1S/C13H19N3S/c1-3-9(4-2)16-13-11(8-5-6-8)12(15)10(7-14)17-13/h8-9,16H,3-6,15H2,1-2H3. The number of rotatable bonds is 5. The predicted molar refractivity (Wildman–Crippen MR) is 73.4 cm³/mol. The molecule has 0 saturated heterocycles. The van der Waals surface area contributed by atoms with Gasteiger partial charge >= 0.3 is 0 Å². The van der Waals surface area contributed by atoms with E-state index in [2.05, 4.69) is 25.2 Å². The van der Waals surface area contributed by atoms with Crippen molar-refractivity contribution in [2.24, 2.45) is 0 Å². The SMILES string of the molecule is CCC(CC)Nc1sc(C#N)c(N)c1C1CC1. The number of thiophene rings is 1. The third kappa shape index (κ3) is 2.39. The van der Waals surface area contributed by atoms with Crippen LogP contribution in [-0.4, -0.2) is 6.04 Å². The maximum absolute atomic E-state index is 9.06. The van der Waals surface area contributed by atoms with Crippen molar-refractivity contribution in [3.63, 3.8) is 0 Å². The van der Waals surface area contributed by atoms with Gasteiger partial charge in [-0.25, -0.2) is 0 Å². The third-order valence-corrected chi connectivity index (χ3v) is 4.45. The van der Waals surface area contributed by atoms with Gasteiger partial charge in [-0.05, 0) is 31.6 Å². The highest BCUT2D eigenvalue weighted by Gasteiger charge is 2.31. The lowest BCUT2D eigenvalue weighted by Gasteiger charge is -2.16. The summed E-state index contributed by atoms with van der Waals surface area (Å²) >= 11 is 1.52. The molecule has 1 aliphatic carbocycles. The van der Waals surface area contributed by atoms with Crippen LogP contribution in [0.3, 0.4) is 0 Å². The lowest BCUT2D eigenvalue weighted by atomic mass is 10.1. The first-order chi connectivity index (χ1) is 8.21. The quantitative estimate of drug-likeness (QED) is 0.836. The Morgan fingerprint density at radius 1 is 1.47 bits per heavy atom. The number of nitrogens with two attached hydrogens (primary N) is 1. The molecule has 3 nitrogen and oxygen atoms in total. The molecule has 1 saturated carbocycles. The van der Waals surface area contributed by atoms with Crippen LogP contribution in [0.5, 0.6) is 0 Å². The van der Waals surface area contributed by atoms with Crippen LogP contribution in [0.25, 0.3) is 0 Å². The minimum Gasteiger partial charge on any atom is -0.397 e. The van der Waals surface area contributed by atoms with Crippen molar-refractivity contribution in [3.05, 3.63) is 10.4 Å². The highest BCUT2D eigenvalue weighted by molar-refractivity contribution is 7.17. The van der Waals surface area contributed by atoms with Crippen molar-refractivity contribution in [3.8, 4) is 6.07 Å². The van der Waals surface area contributed by atoms with Gasteiger partial charge in [-0.2, -0.15) is 5.26 Å². The van der Waals surface area contributed by atoms with Gasteiger partial charge in [0.1, 0.15) is 10.9 Å². The molecule has 0 radical (unpaired) electrons. The van der Waals surface area contributed by atoms with Gasteiger partial charge in [0.15, 0.2) is 0 Å². The Hall–Kier alpha value is -1.21. The average Bonchev–Trinajstić information content (AvgIpc) is 3.12. The van der Waals surface area contributed by atoms with Crippen molar-refractivity contribution in [2.45, 2.75) is 51.5 Å². The second-order valence-corrected chi connectivity index (χ2v) is 5.65. The van der Waals surface area contributed by atoms with E-state index >= 15 is 0 Å². The summed E-state index contributed by atoms with van der Waals surface area (Å²) in [5.74, 6) is 0.588. The predicted octanol–water partition coefficient (Wildman–Crippen LogP) is 3.68. The first kappa shape index (κ1) is 12.3. The summed E-state index contributed by atoms with van der Waals surface area (Å²) in [7, 11) is 0. The van der Waals surface area contributed by atoms with Gasteiger partial charge in [-0.3, -0.25) is 0 Å². The number of nitriles is 1. The molecule has 92 valence electrons. The van der Waals surface area contributed by atoms with E-state index in [1.54, 1.807) is 0 Å². The molecule has 0 bridgehead atoms. The fourth-order valence-corrected chi connectivity index (χ4v) is 3.18. The summed E-state index contributed by atoms with van der Waals surface area (Å²) in [5.41, 5.74) is 7.99. The van der Waals surface area contributed by atoms with Gasteiger partial charge in [0.2, 0.25) is 0 Å². The molecule has 0 unspecified atom stereocenters. The summed E-state index contributed by atoms with van der Waals surface area (Å²) in [5, 5.41) is 13.7. The molecule has 0 spiro atoms. The second kappa shape index (κ2) is 4.97. The molecule has 0 aromatic carbocycles. The van der Waals surface area contributed by atoms with Gasteiger partial charge in [0.25, 0.3) is 0 Å². The van der Waals surface area contributed by atoms with Crippen LogP contribution in [0, 0.1) is 11.3 Å². The number of anilines is 2. The fraction of sp³-hybridized carbons (Fsp3) is 0.615. The molecule has 2 rings (SSSR count). The van der Waals surface area contributed by atoms with Crippen molar-refractivity contribution >= 4 is 22.0 Å². The van der Waals surface area contributed by atoms with Crippen LogP contribution in [-0.2, 0) is 0 Å². The van der Waals surface area contributed by atoms with Crippen LogP contribution in [0.1, 0.15) is 55.9 Å². The maximum atomic E-state index is 9.06. The molecule has 1 heterocycles. The second-order valence-electron chi connectivity index (χ2n) is 4.63. The maximum Gasteiger partial charge on any atom is 0.130 e. The Balaban J connectivity index is 2.29. The number of nitrogens with one attached hydrogen (secondary N) is 1. The smallest absolute Gasteiger partial charge is 0.130 e. The summed E-state index contributed by atoms with van der Waals surface area (Å²) in [6.07, 6.45) is 4.62. The summed E-state index contributed by atoms with van der Waals surface area (Å²) < 4.78 is 0. The minimum atomic E-state index is 0.483. The van der Waals surface area contributed by atoms with E-state index in [0.717, 1.165) is 17.8 Å². The molecule has 0 atom stereocenters. The Kier molecular flexibility index (Phi) is 3.58. The highest BCUT2D eigenvalue weighted by Crippen LogP contribution is 2.50. The van der Waals surface area contributed by atoms with E-state index < -0.39 is 0 Å². The fourth-order valence-electron chi connectivity index (χ4n) is 2.10. The molecule has 1 aromatic rings. The van der Waals surface area contributed by atoms with Gasteiger partial charge in [-0.1, -0.05) is 13.8 Å². The lowest BCUT2D eigenvalue weighted by Crippen LogP contribution is -2.16. The van der Waals surface area contributed by atoms with E-state index in [4.69, 9.17) is 11.0 Å². The van der Waals surface area contributed by atoms with Crippen molar-refractivity contribution in [2.75, 3.05) is 11.1 Å². The zero-order valence-electron chi connectivity index (χ0n) is 10.4. The molecular weight excluding hydrogens is 230 g/mol. The first-order valence-electron chi connectivity index (χ1n) is 6.30. The summed E-state index contributed by atoms with van der Waals surface area (Å²) in [4.78, 5) is 0.667. The summed E-state index contributed by atoms with van der Waals surface area (Å²) in [6, 6.07) is 2.68.